The van der Waals surface area contributed by atoms with Gasteiger partial charge in [0.2, 0.25) is 0 Å². The van der Waals surface area contributed by atoms with Crippen LogP contribution in [0.3, 0.4) is 0 Å². The van der Waals surface area contributed by atoms with Crippen molar-refractivity contribution in [1.29, 1.82) is 0 Å². The second-order valence-corrected chi connectivity index (χ2v) is 6.10. The highest BCUT2D eigenvalue weighted by Crippen LogP contribution is 2.31. The number of thioether (sulfide) groups is 1. The van der Waals surface area contributed by atoms with Crippen LogP contribution in [0.5, 0.6) is 0 Å². The molecule has 3 heteroatoms. The van der Waals surface area contributed by atoms with Crippen LogP contribution in [-0.4, -0.2) is 17.0 Å². The Balaban J connectivity index is 1.97. The van der Waals surface area contributed by atoms with Gasteiger partial charge in [-0.15, -0.1) is 0 Å². The predicted octanol–water partition coefficient (Wildman–Crippen LogP) is 3.74. The molecule has 1 aromatic carbocycles. The highest BCUT2D eigenvalue weighted by atomic mass is 32.2. The lowest BCUT2D eigenvalue weighted by Crippen LogP contribution is -1.95. The first-order chi connectivity index (χ1) is 9.29. The Morgan fingerprint density at radius 3 is 2.84 bits per heavy atom. The van der Waals surface area contributed by atoms with Crippen molar-refractivity contribution >= 4 is 11.8 Å². The molecule has 1 aromatic rings. The van der Waals surface area contributed by atoms with Crippen LogP contribution in [0.25, 0.3) is 0 Å². The van der Waals surface area contributed by atoms with E-state index in [4.69, 9.17) is 5.11 Å². The predicted molar refractivity (Wildman–Crippen MR) is 78.5 cm³/mol. The van der Waals surface area contributed by atoms with Crippen molar-refractivity contribution in [1.82, 2.24) is 0 Å². The molecule has 0 atom stereocenters. The van der Waals surface area contributed by atoms with E-state index < -0.39 is 0 Å². The van der Waals surface area contributed by atoms with Crippen molar-refractivity contribution < 1.29 is 9.50 Å². The standard InChI is InChI=1S/C16H19FOS/c17-16-9-8-13(11-14(16)5-3-4-10-18)12-19-15-6-1-2-7-15/h8-9,11,15,18H,1-2,4,6-7,10,12H2. The largest absolute Gasteiger partial charge is 0.395 e. The molecule has 1 saturated carbocycles. The summed E-state index contributed by atoms with van der Waals surface area (Å²) >= 11 is 1.97. The van der Waals surface area contributed by atoms with E-state index in [0.717, 1.165) is 16.6 Å². The van der Waals surface area contributed by atoms with Crippen molar-refractivity contribution in [3.8, 4) is 11.8 Å². The highest BCUT2D eigenvalue weighted by molar-refractivity contribution is 7.99. The SMILES string of the molecule is OCCC#Cc1cc(CSC2CCCC2)ccc1F. The fourth-order valence-corrected chi connectivity index (χ4v) is 3.52. The van der Waals surface area contributed by atoms with Crippen molar-refractivity contribution in [2.75, 3.05) is 6.61 Å². The van der Waals surface area contributed by atoms with Crippen molar-refractivity contribution in [2.45, 2.75) is 43.1 Å². The number of benzene rings is 1. The van der Waals surface area contributed by atoms with E-state index in [0.29, 0.717) is 12.0 Å². The van der Waals surface area contributed by atoms with Gasteiger partial charge < -0.3 is 5.11 Å². The Bertz CT molecular complexity index is 469. The average Bonchev–Trinajstić information content (AvgIpc) is 2.93. The molecule has 0 unspecified atom stereocenters. The average molecular weight is 278 g/mol. The number of aliphatic hydroxyl groups excluding tert-OH is 1. The lowest BCUT2D eigenvalue weighted by molar-refractivity contribution is 0.305. The third-order valence-corrected chi connectivity index (χ3v) is 4.72. The lowest BCUT2D eigenvalue weighted by Gasteiger charge is -2.08. The van der Waals surface area contributed by atoms with Crippen LogP contribution in [0.1, 0.15) is 43.2 Å². The molecule has 0 aliphatic heterocycles. The number of aliphatic hydroxyl groups is 1. The Hall–Kier alpha value is -0.980. The lowest BCUT2D eigenvalue weighted by atomic mass is 10.1. The van der Waals surface area contributed by atoms with Gasteiger partial charge in [0.05, 0.1) is 12.2 Å². The van der Waals surface area contributed by atoms with E-state index in [1.54, 1.807) is 0 Å². The van der Waals surface area contributed by atoms with Gasteiger partial charge in [0.15, 0.2) is 0 Å². The summed E-state index contributed by atoms with van der Waals surface area (Å²) in [7, 11) is 0. The molecule has 1 fully saturated rings. The van der Waals surface area contributed by atoms with Crippen LogP contribution in [0.4, 0.5) is 4.39 Å². The van der Waals surface area contributed by atoms with Gasteiger partial charge in [0.25, 0.3) is 0 Å². The molecule has 0 aromatic heterocycles. The molecule has 0 radical (unpaired) electrons. The summed E-state index contributed by atoms with van der Waals surface area (Å²) in [6.07, 6.45) is 5.71. The molecule has 1 aliphatic carbocycles. The molecule has 0 saturated heterocycles. The van der Waals surface area contributed by atoms with E-state index >= 15 is 0 Å². The monoisotopic (exact) mass is 278 g/mol. The van der Waals surface area contributed by atoms with Gasteiger partial charge in [-0.1, -0.05) is 30.7 Å². The fraction of sp³-hybridized carbons (Fsp3) is 0.500. The first-order valence-corrected chi connectivity index (χ1v) is 7.84. The Morgan fingerprint density at radius 2 is 2.11 bits per heavy atom. The summed E-state index contributed by atoms with van der Waals surface area (Å²) in [6, 6.07) is 5.17. The number of hydrogen-bond donors (Lipinski definition) is 1. The summed E-state index contributed by atoms with van der Waals surface area (Å²) in [5.41, 5.74) is 1.57. The van der Waals surface area contributed by atoms with Crippen molar-refractivity contribution in [2.24, 2.45) is 0 Å². The van der Waals surface area contributed by atoms with Gasteiger partial charge in [0, 0.05) is 17.4 Å². The molecule has 1 aliphatic rings. The van der Waals surface area contributed by atoms with Crippen molar-refractivity contribution in [3.05, 3.63) is 35.1 Å². The fourth-order valence-electron chi connectivity index (χ4n) is 2.24. The minimum absolute atomic E-state index is 0.0197. The Morgan fingerprint density at radius 1 is 1.32 bits per heavy atom. The van der Waals surface area contributed by atoms with Gasteiger partial charge in [0.1, 0.15) is 5.82 Å². The van der Waals surface area contributed by atoms with E-state index in [-0.39, 0.29) is 12.4 Å². The molecule has 1 nitrogen and oxygen atoms in total. The van der Waals surface area contributed by atoms with Crippen LogP contribution in [0.2, 0.25) is 0 Å². The van der Waals surface area contributed by atoms with Crippen LogP contribution in [0.15, 0.2) is 18.2 Å². The van der Waals surface area contributed by atoms with Crippen LogP contribution < -0.4 is 0 Å². The van der Waals surface area contributed by atoms with E-state index in [2.05, 4.69) is 11.8 Å². The Kier molecular flexibility index (Phi) is 5.75. The van der Waals surface area contributed by atoms with E-state index in [1.165, 1.54) is 31.7 Å². The van der Waals surface area contributed by atoms with Gasteiger partial charge in [-0.3, -0.25) is 0 Å². The van der Waals surface area contributed by atoms with Gasteiger partial charge in [-0.05, 0) is 30.5 Å². The van der Waals surface area contributed by atoms with E-state index in [1.807, 2.05) is 23.9 Å². The smallest absolute Gasteiger partial charge is 0.138 e. The molecular formula is C16H19FOS. The first kappa shape index (κ1) is 14.4. The minimum Gasteiger partial charge on any atom is -0.395 e. The molecule has 2 rings (SSSR count). The molecule has 0 spiro atoms. The quantitative estimate of drug-likeness (QED) is 0.847. The second-order valence-electron chi connectivity index (χ2n) is 4.81. The maximum absolute atomic E-state index is 13.6. The second kappa shape index (κ2) is 7.57. The summed E-state index contributed by atoms with van der Waals surface area (Å²) in [6.45, 7) is 0.0197. The molecule has 102 valence electrons. The maximum atomic E-state index is 13.6. The zero-order valence-corrected chi connectivity index (χ0v) is 11.8. The summed E-state index contributed by atoms with van der Waals surface area (Å²) in [5, 5.41) is 9.45. The zero-order chi connectivity index (χ0) is 13.5. The third kappa shape index (κ3) is 4.56. The van der Waals surface area contributed by atoms with Gasteiger partial charge >= 0.3 is 0 Å². The van der Waals surface area contributed by atoms with Gasteiger partial charge in [-0.2, -0.15) is 11.8 Å². The number of hydrogen-bond acceptors (Lipinski definition) is 2. The zero-order valence-electron chi connectivity index (χ0n) is 11.0. The third-order valence-electron chi connectivity index (χ3n) is 3.28. The summed E-state index contributed by atoms with van der Waals surface area (Å²) in [5.74, 6) is 6.21. The number of rotatable bonds is 4. The maximum Gasteiger partial charge on any atom is 0.138 e. The highest BCUT2D eigenvalue weighted by Gasteiger charge is 2.15. The minimum atomic E-state index is -0.278. The molecule has 0 heterocycles. The molecule has 19 heavy (non-hydrogen) atoms. The van der Waals surface area contributed by atoms with Crippen molar-refractivity contribution in [3.63, 3.8) is 0 Å². The molecule has 0 amide bonds. The normalized spacial score (nSPS) is 15.3. The summed E-state index contributed by atoms with van der Waals surface area (Å²) in [4.78, 5) is 0. The van der Waals surface area contributed by atoms with Crippen LogP contribution in [-0.2, 0) is 5.75 Å². The van der Waals surface area contributed by atoms with Crippen LogP contribution in [0, 0.1) is 17.7 Å². The summed E-state index contributed by atoms with van der Waals surface area (Å²) < 4.78 is 13.6. The molecule has 0 bridgehead atoms. The first-order valence-electron chi connectivity index (χ1n) is 6.79. The topological polar surface area (TPSA) is 20.2 Å². The molecule has 1 N–H and O–H groups in total. The van der Waals surface area contributed by atoms with E-state index in [9.17, 15) is 4.39 Å². The Labute approximate surface area is 118 Å². The van der Waals surface area contributed by atoms with Gasteiger partial charge in [-0.25, -0.2) is 4.39 Å². The number of halogens is 1. The van der Waals surface area contributed by atoms with Crippen LogP contribution >= 0.6 is 11.8 Å². The molecular weight excluding hydrogens is 259 g/mol.